The molecule has 352 valence electrons. The van der Waals surface area contributed by atoms with Crippen molar-refractivity contribution in [3.05, 3.63) is 64.8 Å². The number of aromatic nitrogens is 4. The molecule has 0 spiro atoms. The number of aryl methyl sites for hydroxylation is 2. The van der Waals surface area contributed by atoms with Gasteiger partial charge in [-0.3, -0.25) is 19.6 Å². The lowest BCUT2D eigenvalue weighted by molar-refractivity contribution is -0.0468. The summed E-state index contributed by atoms with van der Waals surface area (Å²) >= 11 is 0. The third-order valence-corrected chi connectivity index (χ3v) is 12.4. The second kappa shape index (κ2) is 20.6. The monoisotopic (exact) mass is 907 g/mol. The molecule has 5 heterocycles. The smallest absolute Gasteiger partial charge is 0.410 e. The number of ether oxygens (including phenoxy) is 1. The molecule has 0 aromatic carbocycles. The first-order valence-electron chi connectivity index (χ1n) is 22.9. The van der Waals surface area contributed by atoms with E-state index in [1.165, 1.54) is 57.1 Å². The van der Waals surface area contributed by atoms with Crippen molar-refractivity contribution in [1.82, 2.24) is 24.8 Å². The molecule has 2 N–H and O–H groups in total. The molecule has 8 rings (SSSR count). The number of alkyl halides is 2. The van der Waals surface area contributed by atoms with Crippen molar-refractivity contribution in [3.63, 3.8) is 0 Å². The number of nitrogens with one attached hydrogen (secondary N) is 2. The number of fused-ring (bicyclic) bond motifs is 2. The molecular weight excluding hydrogens is 849 g/mol. The highest BCUT2D eigenvalue weighted by Crippen LogP contribution is 2.36. The minimum absolute atomic E-state index is 0.0524. The fourth-order valence-corrected chi connectivity index (χ4v) is 8.68. The van der Waals surface area contributed by atoms with Crippen molar-refractivity contribution in [2.45, 2.75) is 155 Å². The summed E-state index contributed by atoms with van der Waals surface area (Å²) in [7, 11) is 0. The summed E-state index contributed by atoms with van der Waals surface area (Å²) in [6.07, 6.45) is 14.9. The summed E-state index contributed by atoms with van der Waals surface area (Å²) in [6.45, 7) is 7.33. The Morgan fingerprint density at radius 2 is 1.23 bits per heavy atom. The van der Waals surface area contributed by atoms with Crippen LogP contribution in [0.2, 0.25) is 0 Å². The molecule has 1 aliphatic heterocycles. The summed E-state index contributed by atoms with van der Waals surface area (Å²) in [5.74, 6) is -1.89. The van der Waals surface area contributed by atoms with Crippen LogP contribution in [0.4, 0.5) is 13.6 Å². The number of hydrogen-bond donors (Lipinski definition) is 2. The number of likely N-dealkylation sites (tertiary alicyclic amines) is 1. The van der Waals surface area contributed by atoms with Crippen LogP contribution in [0.5, 0.6) is 12.0 Å². The second-order valence-corrected chi connectivity index (χ2v) is 18.9. The van der Waals surface area contributed by atoms with Crippen LogP contribution in [0.15, 0.2) is 50.5 Å². The Labute approximate surface area is 373 Å². The largest absolute Gasteiger partial charge is 0.444 e. The number of carbonyl (C=O) groups is 1. The molecule has 4 aliphatic rings. The van der Waals surface area contributed by atoms with Crippen LogP contribution in [0.1, 0.15) is 142 Å². The van der Waals surface area contributed by atoms with Gasteiger partial charge in [-0.1, -0.05) is 61.7 Å². The molecule has 4 aromatic rings. The van der Waals surface area contributed by atoms with Crippen molar-refractivity contribution >= 4 is 39.7 Å². The van der Waals surface area contributed by atoms with Gasteiger partial charge in [0.1, 0.15) is 16.4 Å². The Morgan fingerprint density at radius 3 is 1.74 bits per heavy atom. The zero-order valence-electron chi connectivity index (χ0n) is 37.6. The molecule has 4 fully saturated rings. The summed E-state index contributed by atoms with van der Waals surface area (Å²) in [6, 6.07) is 2.39. The predicted octanol–water partition coefficient (Wildman–Crippen LogP) is 8.34. The number of amides is 1. The van der Waals surface area contributed by atoms with E-state index in [-0.39, 0.29) is 40.3 Å². The molecule has 17 nitrogen and oxygen atoms in total. The van der Waals surface area contributed by atoms with E-state index in [0.717, 1.165) is 37.8 Å². The Morgan fingerprint density at radius 1 is 0.723 bits per heavy atom. The Hall–Kier alpha value is -5.75. The van der Waals surface area contributed by atoms with Gasteiger partial charge in [-0.2, -0.15) is 9.97 Å². The van der Waals surface area contributed by atoms with Gasteiger partial charge in [-0.25, -0.2) is 23.2 Å². The van der Waals surface area contributed by atoms with E-state index in [1.54, 1.807) is 4.90 Å². The lowest BCUT2D eigenvalue weighted by atomic mass is 9.84. The van der Waals surface area contributed by atoms with Crippen molar-refractivity contribution in [1.29, 1.82) is 0 Å². The molecule has 0 radical (unpaired) electrons. The van der Waals surface area contributed by atoms with E-state index in [1.807, 2.05) is 20.8 Å². The van der Waals surface area contributed by atoms with Crippen molar-refractivity contribution in [2.75, 3.05) is 13.1 Å². The van der Waals surface area contributed by atoms with E-state index in [9.17, 15) is 32.8 Å². The number of oxime groups is 2. The lowest BCUT2D eigenvalue weighted by Gasteiger charge is -2.30. The van der Waals surface area contributed by atoms with Gasteiger partial charge < -0.3 is 28.1 Å². The molecule has 65 heavy (non-hydrogen) atoms. The normalized spacial score (nSPS) is 18.4. The van der Waals surface area contributed by atoms with Gasteiger partial charge >= 0.3 is 29.4 Å². The highest BCUT2D eigenvalue weighted by atomic mass is 19.3. The number of nitrogens with zero attached hydrogens (tertiary/aromatic N) is 5. The molecule has 0 bridgehead atoms. The SMILES string of the molecule is CC(C)(C)OC(=O)N1CCC(=NOc2nc3oc(=O)cc(CCCCC4CC4)c3c(=O)[nH]2)CC1.CC(F)(F)C1CCC(=NOc2nc3oc(=O)cc(CCC4CCCC4)c3c(=O)[nH]2)CC1. The topological polar surface area (TPSA) is 225 Å². The third-order valence-electron chi connectivity index (χ3n) is 12.4. The predicted molar refractivity (Wildman–Crippen MR) is 238 cm³/mol. The van der Waals surface area contributed by atoms with Crippen molar-refractivity contribution < 1.29 is 36.8 Å². The average Bonchev–Trinajstić information content (AvgIpc) is 3.92. The first-order chi connectivity index (χ1) is 31.0. The fraction of sp³-hybridized carbons (Fsp3) is 0.630. The first-order valence-corrected chi connectivity index (χ1v) is 22.9. The first kappa shape index (κ1) is 47.2. The van der Waals surface area contributed by atoms with E-state index < -0.39 is 39.8 Å². The molecule has 1 amide bonds. The molecule has 0 atom stereocenters. The Kier molecular flexibility index (Phi) is 15.0. The maximum absolute atomic E-state index is 13.4. The summed E-state index contributed by atoms with van der Waals surface area (Å²) < 4.78 is 42.6. The van der Waals surface area contributed by atoms with Gasteiger partial charge in [0, 0.05) is 44.0 Å². The van der Waals surface area contributed by atoms with Crippen LogP contribution in [0.25, 0.3) is 22.2 Å². The quantitative estimate of drug-likeness (QED) is 0.0954. The lowest BCUT2D eigenvalue weighted by Crippen LogP contribution is -2.42. The van der Waals surface area contributed by atoms with Crippen molar-refractivity contribution in [3.8, 4) is 12.0 Å². The third kappa shape index (κ3) is 13.4. The number of H-pyrrole nitrogens is 2. The summed E-state index contributed by atoms with van der Waals surface area (Å²) in [4.78, 5) is 87.2. The van der Waals surface area contributed by atoms with Crippen molar-refractivity contribution in [2.24, 2.45) is 28.1 Å². The highest BCUT2D eigenvalue weighted by molar-refractivity contribution is 5.86. The zero-order valence-corrected chi connectivity index (χ0v) is 37.6. The molecule has 0 unspecified atom stereocenters. The van der Waals surface area contributed by atoms with Crippen LogP contribution < -0.4 is 32.0 Å². The number of halogens is 2. The molecule has 19 heteroatoms. The highest BCUT2D eigenvalue weighted by Gasteiger charge is 2.36. The summed E-state index contributed by atoms with van der Waals surface area (Å²) in [5.41, 5.74) is -0.0488. The van der Waals surface area contributed by atoms with Crippen LogP contribution >= 0.6 is 0 Å². The van der Waals surface area contributed by atoms with Gasteiger partial charge in [0.15, 0.2) is 0 Å². The second-order valence-electron chi connectivity index (χ2n) is 18.9. The van der Waals surface area contributed by atoms with Crippen LogP contribution in [0, 0.1) is 17.8 Å². The van der Waals surface area contributed by atoms with Crippen LogP contribution in [0.3, 0.4) is 0 Å². The zero-order chi connectivity index (χ0) is 46.3. The van der Waals surface area contributed by atoms with Gasteiger partial charge in [0.05, 0.1) is 11.4 Å². The van der Waals surface area contributed by atoms with Crippen LogP contribution in [-0.2, 0) is 17.6 Å². The number of aromatic amines is 2. The average molecular weight is 908 g/mol. The standard InChI is InChI=1S/C24H32N4O6.C22H27F2N3O4/c1-24(2,3)33-23(31)28-12-10-17(11-13-28)27-34-22-25-20(30)19-16(7-5-4-6-15-8-9-15)14-18(29)32-21(19)26-22;1-22(23,24)15-8-10-16(11-9-15)27-31-21-25-19(29)18-14(7-6-13-4-2-3-5-13)12-17(28)30-20(18)26-21/h14-15H,4-13H2,1-3H3,(H,25,26,30);12-13,15H,2-11H2,1H3,(H,25,26,29). The number of rotatable bonds is 13. The molecular formula is C46H59F2N7O10. The molecule has 3 saturated carbocycles. The number of piperidine rings is 1. The van der Waals surface area contributed by atoms with Gasteiger partial charge in [-0.05, 0) is 102 Å². The maximum Gasteiger partial charge on any atom is 0.410 e. The van der Waals surface area contributed by atoms with Gasteiger partial charge in [0.2, 0.25) is 17.3 Å². The van der Waals surface area contributed by atoms with Gasteiger partial charge in [0.25, 0.3) is 11.1 Å². The summed E-state index contributed by atoms with van der Waals surface area (Å²) in [5, 5.41) is 8.58. The molecule has 4 aromatic heterocycles. The van der Waals surface area contributed by atoms with E-state index in [2.05, 4.69) is 30.2 Å². The van der Waals surface area contributed by atoms with E-state index in [0.29, 0.717) is 87.2 Å². The minimum atomic E-state index is -2.70. The molecule has 3 aliphatic carbocycles. The van der Waals surface area contributed by atoms with Gasteiger partial charge in [-0.15, -0.1) is 0 Å². The Balaban J connectivity index is 0.000000195. The van der Waals surface area contributed by atoms with Crippen LogP contribution in [-0.4, -0.2) is 67.0 Å². The minimum Gasteiger partial charge on any atom is -0.444 e. The van der Waals surface area contributed by atoms with E-state index in [4.69, 9.17) is 23.2 Å². The Bertz CT molecular complexity index is 2610. The number of carbonyl (C=O) groups excluding carboxylic acids is 1. The van der Waals surface area contributed by atoms with E-state index >= 15 is 0 Å². The maximum atomic E-state index is 13.4. The fourth-order valence-electron chi connectivity index (χ4n) is 8.68. The molecule has 1 saturated heterocycles. The number of hydrogen-bond acceptors (Lipinski definition) is 14. The number of unbranched alkanes of at least 4 members (excludes halogenated alkanes) is 1.